The molecule has 2 aromatic carbocycles. The first-order chi connectivity index (χ1) is 13.1. The zero-order chi connectivity index (χ0) is 18.5. The van der Waals surface area contributed by atoms with Crippen LogP contribution in [0.25, 0.3) is 28.0 Å². The van der Waals surface area contributed by atoms with Gasteiger partial charge >= 0.3 is 0 Å². The second-order valence-electron chi connectivity index (χ2n) is 6.63. The molecule has 2 N–H and O–H groups in total. The minimum atomic E-state index is -0.275. The number of nitrogens with one attached hydrogen (secondary N) is 2. The van der Waals surface area contributed by atoms with E-state index in [0.717, 1.165) is 33.6 Å². The Hall–Kier alpha value is -3.67. The molecule has 0 spiro atoms. The van der Waals surface area contributed by atoms with Crippen molar-refractivity contribution >= 4 is 17.4 Å². The quantitative estimate of drug-likeness (QED) is 0.510. The Balaban J connectivity index is 1.77. The fraction of sp³-hybridized carbons (Fsp3) is 0.0952. The van der Waals surface area contributed by atoms with E-state index in [9.17, 15) is 9.59 Å². The van der Waals surface area contributed by atoms with E-state index in [4.69, 9.17) is 0 Å². The molecule has 5 rings (SSSR count). The number of hydrogen-bond donors (Lipinski definition) is 2. The topological polar surface area (TPSA) is 79.3 Å². The van der Waals surface area contributed by atoms with Gasteiger partial charge in [0.15, 0.2) is 0 Å². The first kappa shape index (κ1) is 15.6. The third kappa shape index (κ3) is 2.30. The summed E-state index contributed by atoms with van der Waals surface area (Å²) in [5, 5.41) is 2.77. The number of amides is 1. The first-order valence-corrected chi connectivity index (χ1v) is 8.71. The van der Waals surface area contributed by atoms with E-state index in [1.807, 2.05) is 30.3 Å². The number of carbonyl (C=O) groups excluding carboxylic acids is 1. The fourth-order valence-electron chi connectivity index (χ4n) is 3.86. The second kappa shape index (κ2) is 5.67. The zero-order valence-corrected chi connectivity index (χ0v) is 14.6. The molecule has 0 bridgehead atoms. The molecular formula is C21H16N4O2. The highest BCUT2D eigenvalue weighted by molar-refractivity contribution is 5.89. The molecule has 1 aliphatic carbocycles. The summed E-state index contributed by atoms with van der Waals surface area (Å²) >= 11 is 0. The van der Waals surface area contributed by atoms with Gasteiger partial charge in [0.1, 0.15) is 5.82 Å². The van der Waals surface area contributed by atoms with E-state index >= 15 is 0 Å². The Kier molecular flexibility index (Phi) is 3.27. The average molecular weight is 356 g/mol. The maximum absolute atomic E-state index is 12.6. The number of imidazole rings is 1. The van der Waals surface area contributed by atoms with E-state index in [-0.39, 0.29) is 17.1 Å². The maximum atomic E-state index is 12.6. The first-order valence-electron chi connectivity index (χ1n) is 8.71. The van der Waals surface area contributed by atoms with Crippen LogP contribution in [0, 0.1) is 0 Å². The molecule has 27 heavy (non-hydrogen) atoms. The summed E-state index contributed by atoms with van der Waals surface area (Å²) in [5.74, 6) is 0.306. The van der Waals surface area contributed by atoms with E-state index in [0.29, 0.717) is 12.2 Å². The van der Waals surface area contributed by atoms with Crippen LogP contribution in [-0.4, -0.2) is 20.3 Å². The van der Waals surface area contributed by atoms with Crippen molar-refractivity contribution in [1.29, 1.82) is 0 Å². The highest BCUT2D eigenvalue weighted by Gasteiger charge is 2.27. The van der Waals surface area contributed by atoms with E-state index in [1.54, 1.807) is 4.40 Å². The Morgan fingerprint density at radius 1 is 1.11 bits per heavy atom. The van der Waals surface area contributed by atoms with Crippen molar-refractivity contribution in [2.75, 3.05) is 5.32 Å². The molecule has 132 valence electrons. The van der Waals surface area contributed by atoms with E-state index in [2.05, 4.69) is 33.5 Å². The largest absolute Gasteiger partial charge is 0.317 e. The molecule has 0 atom stereocenters. The number of aromatic nitrogens is 3. The number of benzene rings is 2. The Labute approximate surface area is 154 Å². The summed E-state index contributed by atoms with van der Waals surface area (Å²) in [4.78, 5) is 31.3. The molecule has 0 saturated carbocycles. The predicted octanol–water partition coefficient (Wildman–Crippen LogP) is 3.22. The van der Waals surface area contributed by atoms with Crippen LogP contribution >= 0.6 is 0 Å². The smallest absolute Gasteiger partial charge is 0.292 e. The summed E-state index contributed by atoms with van der Waals surface area (Å²) < 4.78 is 1.75. The molecule has 1 amide bonds. The van der Waals surface area contributed by atoms with Crippen LogP contribution in [0.3, 0.4) is 0 Å². The summed E-state index contributed by atoms with van der Waals surface area (Å²) in [6.45, 7) is 1.44. The van der Waals surface area contributed by atoms with Crippen molar-refractivity contribution < 1.29 is 4.79 Å². The molecular weight excluding hydrogens is 340 g/mol. The molecule has 0 aliphatic heterocycles. The van der Waals surface area contributed by atoms with E-state index < -0.39 is 0 Å². The molecule has 0 fully saturated rings. The lowest BCUT2D eigenvalue weighted by Gasteiger charge is -2.08. The van der Waals surface area contributed by atoms with Crippen molar-refractivity contribution in [2.45, 2.75) is 13.3 Å². The summed E-state index contributed by atoms with van der Waals surface area (Å²) in [7, 11) is 0. The minimum Gasteiger partial charge on any atom is -0.317 e. The van der Waals surface area contributed by atoms with Gasteiger partial charge in [-0.1, -0.05) is 48.5 Å². The fourth-order valence-corrected chi connectivity index (χ4v) is 3.86. The molecule has 0 unspecified atom stereocenters. The SMILES string of the molecule is CC(=O)Nc1cnc2c(=O)[nH]c3c(n12)Cc1c(-c2ccccc2)cccc1-3. The predicted molar refractivity (Wildman–Crippen MR) is 104 cm³/mol. The van der Waals surface area contributed by atoms with Gasteiger partial charge in [0.2, 0.25) is 11.6 Å². The van der Waals surface area contributed by atoms with Crippen molar-refractivity contribution in [3.63, 3.8) is 0 Å². The standard InChI is InChI=1S/C21H16N4O2/c1-12(26)23-18-11-22-20-21(27)24-19-15-9-5-8-14(13-6-3-2-4-7-13)16(15)10-17(19)25(18)20/h2-9,11H,10H2,1H3,(H,23,26)(H,24,27). The van der Waals surface area contributed by atoms with Crippen LogP contribution in [0.4, 0.5) is 5.82 Å². The molecule has 6 heteroatoms. The van der Waals surface area contributed by atoms with Gasteiger partial charge in [0, 0.05) is 18.9 Å². The highest BCUT2D eigenvalue weighted by Crippen LogP contribution is 2.40. The molecule has 2 heterocycles. The molecule has 0 saturated heterocycles. The van der Waals surface area contributed by atoms with Crippen LogP contribution < -0.4 is 10.9 Å². The Morgan fingerprint density at radius 3 is 2.67 bits per heavy atom. The summed E-state index contributed by atoms with van der Waals surface area (Å²) in [5.41, 5.74) is 6.15. The lowest BCUT2D eigenvalue weighted by Crippen LogP contribution is -2.16. The number of nitrogens with zero attached hydrogens (tertiary/aromatic N) is 2. The third-order valence-corrected chi connectivity index (χ3v) is 4.94. The molecule has 1 aliphatic rings. The minimum absolute atomic E-state index is 0.202. The monoisotopic (exact) mass is 356 g/mol. The average Bonchev–Trinajstić information content (AvgIpc) is 3.24. The van der Waals surface area contributed by atoms with Crippen molar-refractivity contribution in [1.82, 2.24) is 14.4 Å². The van der Waals surface area contributed by atoms with Crippen molar-refractivity contribution in [2.24, 2.45) is 0 Å². The normalized spacial score (nSPS) is 12.0. The summed E-state index contributed by atoms with van der Waals surface area (Å²) in [6, 6.07) is 16.3. The second-order valence-corrected chi connectivity index (χ2v) is 6.63. The van der Waals surface area contributed by atoms with E-state index in [1.165, 1.54) is 13.1 Å². The van der Waals surface area contributed by atoms with Crippen LogP contribution in [0.5, 0.6) is 0 Å². The lowest BCUT2D eigenvalue weighted by molar-refractivity contribution is -0.114. The van der Waals surface area contributed by atoms with Crippen molar-refractivity contribution in [3.8, 4) is 22.4 Å². The van der Waals surface area contributed by atoms with Gasteiger partial charge in [-0.3, -0.25) is 14.0 Å². The van der Waals surface area contributed by atoms with Gasteiger partial charge < -0.3 is 10.3 Å². The van der Waals surface area contributed by atoms with Gasteiger partial charge in [-0.15, -0.1) is 0 Å². The van der Waals surface area contributed by atoms with Gasteiger partial charge in [0.05, 0.1) is 17.6 Å². The van der Waals surface area contributed by atoms with Gasteiger partial charge in [-0.2, -0.15) is 0 Å². The molecule has 6 nitrogen and oxygen atoms in total. The number of carbonyl (C=O) groups is 1. The van der Waals surface area contributed by atoms with Crippen LogP contribution in [0.2, 0.25) is 0 Å². The lowest BCUT2D eigenvalue weighted by atomic mass is 9.96. The zero-order valence-electron chi connectivity index (χ0n) is 14.6. The summed E-state index contributed by atoms with van der Waals surface area (Å²) in [6.07, 6.45) is 2.17. The molecule has 4 aromatic rings. The number of fused-ring (bicyclic) bond motifs is 5. The van der Waals surface area contributed by atoms with Gasteiger partial charge in [0.25, 0.3) is 5.56 Å². The Morgan fingerprint density at radius 2 is 1.89 bits per heavy atom. The highest BCUT2D eigenvalue weighted by atomic mass is 16.1. The van der Waals surface area contributed by atoms with Gasteiger partial charge in [-0.25, -0.2) is 4.98 Å². The van der Waals surface area contributed by atoms with Crippen LogP contribution in [0.15, 0.2) is 59.5 Å². The number of hydrogen-bond acceptors (Lipinski definition) is 3. The molecule has 0 radical (unpaired) electrons. The third-order valence-electron chi connectivity index (χ3n) is 4.94. The number of rotatable bonds is 2. The van der Waals surface area contributed by atoms with Gasteiger partial charge in [-0.05, 0) is 16.7 Å². The Bertz CT molecular complexity index is 1270. The van der Waals surface area contributed by atoms with Crippen molar-refractivity contribution in [3.05, 3.63) is 76.3 Å². The molecule has 2 aromatic heterocycles. The maximum Gasteiger partial charge on any atom is 0.292 e. The number of H-pyrrole nitrogens is 1. The number of aromatic amines is 1. The van der Waals surface area contributed by atoms with Crippen LogP contribution in [-0.2, 0) is 11.2 Å². The number of anilines is 1. The van der Waals surface area contributed by atoms with Crippen LogP contribution in [0.1, 0.15) is 18.2 Å².